The summed E-state index contributed by atoms with van der Waals surface area (Å²) in [6.07, 6.45) is 2.65. The van der Waals surface area contributed by atoms with Gasteiger partial charge in [-0.25, -0.2) is 9.59 Å². The SMILES string of the molecule is CCC(C)NC(=O)N1CCC(N2CCN(Cc3ccc(C)cc3)C2=O)CC1. The van der Waals surface area contributed by atoms with E-state index >= 15 is 0 Å². The second-order valence-electron chi connectivity index (χ2n) is 7.86. The van der Waals surface area contributed by atoms with Crippen LogP contribution >= 0.6 is 0 Å². The Morgan fingerprint density at radius 1 is 1.15 bits per heavy atom. The van der Waals surface area contributed by atoms with E-state index in [0.29, 0.717) is 19.6 Å². The van der Waals surface area contributed by atoms with Crippen LogP contribution in [-0.2, 0) is 6.54 Å². The minimum Gasteiger partial charge on any atom is -0.336 e. The van der Waals surface area contributed by atoms with E-state index in [-0.39, 0.29) is 24.1 Å². The van der Waals surface area contributed by atoms with Crippen molar-refractivity contribution in [1.82, 2.24) is 20.0 Å². The number of aryl methyl sites for hydroxylation is 1. The maximum atomic E-state index is 12.8. The predicted molar refractivity (Wildman–Crippen MR) is 107 cm³/mol. The summed E-state index contributed by atoms with van der Waals surface area (Å²) in [5, 5.41) is 3.03. The van der Waals surface area contributed by atoms with E-state index in [1.165, 1.54) is 11.1 Å². The first-order valence-electron chi connectivity index (χ1n) is 10.1. The van der Waals surface area contributed by atoms with E-state index in [0.717, 1.165) is 32.4 Å². The minimum atomic E-state index is 0.0246. The van der Waals surface area contributed by atoms with Crippen LogP contribution < -0.4 is 5.32 Å². The molecule has 0 aliphatic carbocycles. The van der Waals surface area contributed by atoms with Gasteiger partial charge >= 0.3 is 12.1 Å². The normalized spacial score (nSPS) is 19.5. The predicted octanol–water partition coefficient (Wildman–Crippen LogP) is 3.21. The Hall–Kier alpha value is -2.24. The highest BCUT2D eigenvalue weighted by atomic mass is 16.2. The van der Waals surface area contributed by atoms with Crippen molar-refractivity contribution in [3.63, 3.8) is 0 Å². The number of nitrogens with zero attached hydrogens (tertiary/aromatic N) is 3. The molecule has 6 nitrogen and oxygen atoms in total. The van der Waals surface area contributed by atoms with Crippen molar-refractivity contribution in [3.8, 4) is 0 Å². The van der Waals surface area contributed by atoms with Gasteiger partial charge in [0.2, 0.25) is 0 Å². The van der Waals surface area contributed by atoms with E-state index in [9.17, 15) is 9.59 Å². The van der Waals surface area contributed by atoms with Crippen molar-refractivity contribution < 1.29 is 9.59 Å². The van der Waals surface area contributed by atoms with Gasteiger partial charge in [0.1, 0.15) is 0 Å². The van der Waals surface area contributed by atoms with Crippen molar-refractivity contribution in [2.24, 2.45) is 0 Å². The number of hydrogen-bond donors (Lipinski definition) is 1. The molecule has 148 valence electrons. The zero-order chi connectivity index (χ0) is 19.4. The molecule has 2 aliphatic rings. The molecular formula is C21H32N4O2. The number of urea groups is 2. The lowest BCUT2D eigenvalue weighted by Crippen LogP contribution is -2.51. The number of benzene rings is 1. The summed E-state index contributed by atoms with van der Waals surface area (Å²) in [7, 11) is 0. The topological polar surface area (TPSA) is 55.9 Å². The molecule has 2 fully saturated rings. The minimum absolute atomic E-state index is 0.0246. The molecule has 0 saturated carbocycles. The summed E-state index contributed by atoms with van der Waals surface area (Å²) in [5.74, 6) is 0. The Kier molecular flexibility index (Phi) is 6.24. The van der Waals surface area contributed by atoms with E-state index in [4.69, 9.17) is 0 Å². The molecule has 1 atom stereocenters. The van der Waals surface area contributed by atoms with Crippen molar-refractivity contribution in [3.05, 3.63) is 35.4 Å². The highest BCUT2D eigenvalue weighted by molar-refractivity contribution is 5.77. The van der Waals surface area contributed by atoms with Gasteiger partial charge in [-0.1, -0.05) is 36.8 Å². The van der Waals surface area contributed by atoms with E-state index < -0.39 is 0 Å². The number of likely N-dealkylation sites (tertiary alicyclic amines) is 1. The zero-order valence-corrected chi connectivity index (χ0v) is 16.8. The number of rotatable bonds is 5. The first-order valence-corrected chi connectivity index (χ1v) is 10.1. The highest BCUT2D eigenvalue weighted by Crippen LogP contribution is 2.23. The van der Waals surface area contributed by atoms with Crippen molar-refractivity contribution in [2.45, 2.75) is 58.7 Å². The lowest BCUT2D eigenvalue weighted by atomic mass is 10.0. The van der Waals surface area contributed by atoms with Gasteiger partial charge in [0.15, 0.2) is 0 Å². The van der Waals surface area contributed by atoms with Crippen LogP contribution in [0.25, 0.3) is 0 Å². The average Bonchev–Trinajstić information content (AvgIpc) is 3.04. The maximum absolute atomic E-state index is 12.8. The number of amides is 4. The van der Waals surface area contributed by atoms with Crippen molar-refractivity contribution >= 4 is 12.1 Å². The molecule has 6 heteroatoms. The molecule has 1 aromatic carbocycles. The van der Waals surface area contributed by atoms with E-state index in [1.807, 2.05) is 21.6 Å². The fourth-order valence-corrected chi connectivity index (χ4v) is 3.79. The second-order valence-corrected chi connectivity index (χ2v) is 7.86. The lowest BCUT2D eigenvalue weighted by molar-refractivity contribution is 0.133. The third kappa shape index (κ3) is 4.73. The largest absolute Gasteiger partial charge is 0.336 e. The third-order valence-electron chi connectivity index (χ3n) is 5.80. The number of carbonyl (C=O) groups is 2. The van der Waals surface area contributed by atoms with Crippen molar-refractivity contribution in [1.29, 1.82) is 0 Å². The summed E-state index contributed by atoms with van der Waals surface area (Å²) in [6, 6.07) is 8.98. The smallest absolute Gasteiger partial charge is 0.320 e. The fraction of sp³-hybridized carbons (Fsp3) is 0.619. The molecule has 0 bridgehead atoms. The second kappa shape index (κ2) is 8.63. The van der Waals surface area contributed by atoms with Crippen LogP contribution in [0.1, 0.15) is 44.2 Å². The monoisotopic (exact) mass is 372 g/mol. The number of hydrogen-bond acceptors (Lipinski definition) is 2. The van der Waals surface area contributed by atoms with E-state index in [2.05, 4.69) is 43.4 Å². The van der Waals surface area contributed by atoms with E-state index in [1.54, 1.807) is 0 Å². The number of nitrogens with one attached hydrogen (secondary N) is 1. The van der Waals surface area contributed by atoms with Gasteiger partial charge in [-0.05, 0) is 38.7 Å². The van der Waals surface area contributed by atoms with Crippen LogP contribution in [0.15, 0.2) is 24.3 Å². The standard InChI is InChI=1S/C21H32N4O2/c1-4-17(3)22-20(26)23-11-9-19(10-12-23)25-14-13-24(21(25)27)15-18-7-5-16(2)6-8-18/h5-8,17,19H,4,9-15H2,1-3H3,(H,22,26). The summed E-state index contributed by atoms with van der Waals surface area (Å²) in [4.78, 5) is 30.9. The Balaban J connectivity index is 1.49. The van der Waals surface area contributed by atoms with Gasteiger partial charge in [-0.2, -0.15) is 0 Å². The Morgan fingerprint density at radius 3 is 2.44 bits per heavy atom. The molecule has 2 saturated heterocycles. The Bertz CT molecular complexity index is 653. The first kappa shape index (κ1) is 19.5. The molecule has 27 heavy (non-hydrogen) atoms. The van der Waals surface area contributed by atoms with Gasteiger partial charge < -0.3 is 20.0 Å². The zero-order valence-electron chi connectivity index (χ0n) is 16.8. The highest BCUT2D eigenvalue weighted by Gasteiger charge is 2.36. The average molecular weight is 373 g/mol. The maximum Gasteiger partial charge on any atom is 0.320 e. The molecule has 1 aromatic rings. The summed E-state index contributed by atoms with van der Waals surface area (Å²) in [5.41, 5.74) is 2.41. The molecule has 4 amide bonds. The molecular weight excluding hydrogens is 340 g/mol. The molecule has 3 rings (SSSR count). The molecule has 0 spiro atoms. The molecule has 0 radical (unpaired) electrons. The first-order chi connectivity index (χ1) is 13.0. The number of carbonyl (C=O) groups excluding carboxylic acids is 2. The lowest BCUT2D eigenvalue weighted by Gasteiger charge is -2.36. The van der Waals surface area contributed by atoms with Crippen LogP contribution in [-0.4, -0.2) is 65.0 Å². The number of piperidine rings is 1. The van der Waals surface area contributed by atoms with Crippen LogP contribution in [0, 0.1) is 6.92 Å². The van der Waals surface area contributed by atoms with Crippen LogP contribution in [0.5, 0.6) is 0 Å². The molecule has 1 N–H and O–H groups in total. The fourth-order valence-electron chi connectivity index (χ4n) is 3.79. The molecule has 1 unspecified atom stereocenters. The van der Waals surface area contributed by atoms with Gasteiger partial charge in [0, 0.05) is 44.8 Å². The van der Waals surface area contributed by atoms with Crippen LogP contribution in [0.3, 0.4) is 0 Å². The van der Waals surface area contributed by atoms with Gasteiger partial charge in [-0.3, -0.25) is 0 Å². The van der Waals surface area contributed by atoms with Crippen LogP contribution in [0.2, 0.25) is 0 Å². The molecule has 2 aliphatic heterocycles. The quantitative estimate of drug-likeness (QED) is 0.863. The summed E-state index contributed by atoms with van der Waals surface area (Å²) < 4.78 is 0. The summed E-state index contributed by atoms with van der Waals surface area (Å²) in [6.45, 7) is 9.84. The molecule has 2 heterocycles. The Labute approximate surface area is 162 Å². The molecule has 0 aromatic heterocycles. The van der Waals surface area contributed by atoms with Crippen molar-refractivity contribution in [2.75, 3.05) is 26.2 Å². The summed E-state index contributed by atoms with van der Waals surface area (Å²) >= 11 is 0. The third-order valence-corrected chi connectivity index (χ3v) is 5.80. The van der Waals surface area contributed by atoms with Gasteiger partial charge in [0.05, 0.1) is 0 Å². The Morgan fingerprint density at radius 2 is 1.81 bits per heavy atom. The van der Waals surface area contributed by atoms with Crippen LogP contribution in [0.4, 0.5) is 9.59 Å². The van der Waals surface area contributed by atoms with Gasteiger partial charge in [-0.15, -0.1) is 0 Å². The van der Waals surface area contributed by atoms with Gasteiger partial charge in [0.25, 0.3) is 0 Å².